The van der Waals surface area contributed by atoms with Crippen molar-refractivity contribution in [3.63, 3.8) is 0 Å². The van der Waals surface area contributed by atoms with Crippen molar-refractivity contribution in [2.24, 2.45) is 0 Å². The van der Waals surface area contributed by atoms with E-state index in [0.717, 1.165) is 19.3 Å². The summed E-state index contributed by atoms with van der Waals surface area (Å²) >= 11 is 0. The molecule has 0 saturated heterocycles. The van der Waals surface area contributed by atoms with E-state index in [9.17, 15) is 14.4 Å². The molecule has 0 unspecified atom stereocenters. The number of amides is 3. The van der Waals surface area contributed by atoms with Crippen molar-refractivity contribution in [1.82, 2.24) is 15.5 Å². The van der Waals surface area contributed by atoms with E-state index in [-0.39, 0.29) is 18.9 Å². The predicted octanol–water partition coefficient (Wildman–Crippen LogP) is 0.551. The summed E-state index contributed by atoms with van der Waals surface area (Å²) < 4.78 is 0. The lowest BCUT2D eigenvalue weighted by Crippen LogP contribution is -2.55. The van der Waals surface area contributed by atoms with Gasteiger partial charge in [-0.1, -0.05) is 19.3 Å². The van der Waals surface area contributed by atoms with Gasteiger partial charge in [0.05, 0.1) is 18.5 Å². The second kappa shape index (κ2) is 7.12. The van der Waals surface area contributed by atoms with Crippen molar-refractivity contribution in [2.45, 2.75) is 44.1 Å². The van der Waals surface area contributed by atoms with Gasteiger partial charge >= 0.3 is 12.0 Å². The quantitative estimate of drug-likeness (QED) is 0.687. The van der Waals surface area contributed by atoms with Gasteiger partial charge in [0.15, 0.2) is 0 Å². The molecule has 114 valence electrons. The van der Waals surface area contributed by atoms with Gasteiger partial charge in [-0.15, -0.1) is 0 Å². The summed E-state index contributed by atoms with van der Waals surface area (Å²) in [6, 6.07) is -0.483. The molecule has 1 aliphatic rings. The van der Waals surface area contributed by atoms with Crippen molar-refractivity contribution in [3.05, 3.63) is 0 Å². The van der Waals surface area contributed by atoms with Crippen LogP contribution in [0.5, 0.6) is 0 Å². The number of hydrogen-bond donors (Lipinski definition) is 3. The molecule has 1 aliphatic carbocycles. The second-order valence-corrected chi connectivity index (χ2v) is 5.51. The molecule has 0 atom stereocenters. The SMILES string of the molecule is CN(C)C(=O)CNC(=O)NC1(CC(=O)O)CCCCC1. The Bertz CT molecular complexity index is 376. The number of carboxylic acids is 1. The predicted molar refractivity (Wildman–Crippen MR) is 73.3 cm³/mol. The van der Waals surface area contributed by atoms with Gasteiger partial charge < -0.3 is 20.6 Å². The molecule has 1 fully saturated rings. The zero-order chi connectivity index (χ0) is 15.2. The van der Waals surface area contributed by atoms with Crippen molar-refractivity contribution >= 4 is 17.9 Å². The van der Waals surface area contributed by atoms with Gasteiger partial charge in [-0.05, 0) is 12.8 Å². The number of hydrogen-bond acceptors (Lipinski definition) is 3. The van der Waals surface area contributed by atoms with Crippen molar-refractivity contribution in [2.75, 3.05) is 20.6 Å². The Hall–Kier alpha value is -1.79. The summed E-state index contributed by atoms with van der Waals surface area (Å²) in [5, 5.41) is 14.2. The third-order valence-corrected chi connectivity index (χ3v) is 3.58. The van der Waals surface area contributed by atoms with Crippen LogP contribution in [-0.2, 0) is 9.59 Å². The van der Waals surface area contributed by atoms with Gasteiger partial charge in [0.25, 0.3) is 0 Å². The standard InChI is InChI=1S/C13H23N3O4/c1-16(2)10(17)9-14-12(20)15-13(8-11(18)19)6-4-3-5-7-13/h3-9H2,1-2H3,(H,18,19)(H2,14,15,20). The lowest BCUT2D eigenvalue weighted by atomic mass is 9.79. The average Bonchev–Trinajstić information content (AvgIpc) is 2.35. The normalized spacial score (nSPS) is 17.1. The fraction of sp³-hybridized carbons (Fsp3) is 0.769. The van der Waals surface area contributed by atoms with Gasteiger partial charge in [0, 0.05) is 14.1 Å². The van der Waals surface area contributed by atoms with Crippen LogP contribution < -0.4 is 10.6 Å². The fourth-order valence-electron chi connectivity index (χ4n) is 2.46. The summed E-state index contributed by atoms with van der Waals surface area (Å²) in [6.45, 7) is -0.0953. The average molecular weight is 285 g/mol. The van der Waals surface area contributed by atoms with Gasteiger partial charge in [0.2, 0.25) is 5.91 Å². The molecule has 0 spiro atoms. The van der Waals surface area contributed by atoms with Crippen LogP contribution in [0, 0.1) is 0 Å². The minimum atomic E-state index is -0.920. The van der Waals surface area contributed by atoms with Crippen LogP contribution in [0.25, 0.3) is 0 Å². The Morgan fingerprint density at radius 2 is 1.75 bits per heavy atom. The van der Waals surface area contributed by atoms with E-state index < -0.39 is 17.5 Å². The Morgan fingerprint density at radius 1 is 1.15 bits per heavy atom. The first-order valence-corrected chi connectivity index (χ1v) is 6.83. The molecule has 3 amide bonds. The smallest absolute Gasteiger partial charge is 0.315 e. The van der Waals surface area contributed by atoms with E-state index in [1.54, 1.807) is 14.1 Å². The maximum absolute atomic E-state index is 11.8. The lowest BCUT2D eigenvalue weighted by molar-refractivity contribution is -0.139. The van der Waals surface area contributed by atoms with Crippen LogP contribution in [0.15, 0.2) is 0 Å². The Labute approximate surface area is 118 Å². The molecule has 0 heterocycles. The van der Waals surface area contributed by atoms with Crippen LogP contribution in [0.3, 0.4) is 0 Å². The van der Waals surface area contributed by atoms with E-state index >= 15 is 0 Å². The molecular formula is C13H23N3O4. The number of urea groups is 1. The maximum atomic E-state index is 11.8. The molecule has 0 bridgehead atoms. The highest BCUT2D eigenvalue weighted by molar-refractivity contribution is 5.84. The number of carbonyl (C=O) groups is 3. The number of likely N-dealkylation sites (N-methyl/N-ethyl adjacent to an activating group) is 1. The van der Waals surface area contributed by atoms with E-state index in [2.05, 4.69) is 10.6 Å². The largest absolute Gasteiger partial charge is 0.481 e. The third-order valence-electron chi connectivity index (χ3n) is 3.58. The van der Waals surface area contributed by atoms with Crippen molar-refractivity contribution in [3.8, 4) is 0 Å². The minimum absolute atomic E-state index is 0.0813. The number of aliphatic carboxylic acids is 1. The number of carboxylic acid groups (broad SMARTS) is 1. The fourth-order valence-corrected chi connectivity index (χ4v) is 2.46. The third kappa shape index (κ3) is 5.07. The highest BCUT2D eigenvalue weighted by Crippen LogP contribution is 2.31. The molecule has 3 N–H and O–H groups in total. The summed E-state index contributed by atoms with van der Waals surface area (Å²) in [5.41, 5.74) is -0.685. The van der Waals surface area contributed by atoms with Crippen LogP contribution >= 0.6 is 0 Å². The summed E-state index contributed by atoms with van der Waals surface area (Å²) in [7, 11) is 3.21. The Balaban J connectivity index is 2.54. The zero-order valence-electron chi connectivity index (χ0n) is 12.1. The number of carbonyl (C=O) groups excluding carboxylic acids is 2. The van der Waals surface area contributed by atoms with E-state index in [0.29, 0.717) is 12.8 Å². The van der Waals surface area contributed by atoms with E-state index in [1.807, 2.05) is 0 Å². The number of nitrogens with one attached hydrogen (secondary N) is 2. The van der Waals surface area contributed by atoms with Crippen molar-refractivity contribution in [1.29, 1.82) is 0 Å². The first-order valence-electron chi connectivity index (χ1n) is 6.83. The maximum Gasteiger partial charge on any atom is 0.315 e. The minimum Gasteiger partial charge on any atom is -0.481 e. The topological polar surface area (TPSA) is 98.7 Å². The monoisotopic (exact) mass is 285 g/mol. The Kier molecular flexibility index (Phi) is 5.79. The highest BCUT2D eigenvalue weighted by atomic mass is 16.4. The van der Waals surface area contributed by atoms with Gasteiger partial charge in [-0.25, -0.2) is 4.79 Å². The molecule has 7 heteroatoms. The first-order chi connectivity index (χ1) is 9.34. The molecule has 0 aromatic heterocycles. The second-order valence-electron chi connectivity index (χ2n) is 5.51. The number of nitrogens with zero attached hydrogens (tertiary/aromatic N) is 1. The molecule has 20 heavy (non-hydrogen) atoms. The Morgan fingerprint density at radius 3 is 2.25 bits per heavy atom. The first kappa shape index (κ1) is 16.3. The summed E-state index contributed by atoms with van der Waals surface area (Å²) in [4.78, 5) is 35.6. The molecule has 0 radical (unpaired) electrons. The molecule has 0 aromatic rings. The van der Waals surface area contributed by atoms with Crippen molar-refractivity contribution < 1.29 is 19.5 Å². The van der Waals surface area contributed by atoms with E-state index in [1.165, 1.54) is 4.90 Å². The summed E-state index contributed by atoms with van der Waals surface area (Å²) in [6.07, 6.45) is 4.11. The molecule has 0 aromatic carbocycles. The van der Waals surface area contributed by atoms with Crippen LogP contribution in [-0.4, -0.2) is 54.1 Å². The summed E-state index contributed by atoms with van der Waals surface area (Å²) in [5.74, 6) is -1.13. The number of rotatable bonds is 5. The van der Waals surface area contributed by atoms with Crippen LogP contribution in [0.2, 0.25) is 0 Å². The zero-order valence-corrected chi connectivity index (χ0v) is 12.1. The van der Waals surface area contributed by atoms with Gasteiger partial charge in [-0.2, -0.15) is 0 Å². The molecular weight excluding hydrogens is 262 g/mol. The van der Waals surface area contributed by atoms with Gasteiger partial charge in [0.1, 0.15) is 0 Å². The molecule has 7 nitrogen and oxygen atoms in total. The van der Waals surface area contributed by atoms with E-state index in [4.69, 9.17) is 5.11 Å². The van der Waals surface area contributed by atoms with Crippen LogP contribution in [0.4, 0.5) is 4.79 Å². The molecule has 1 rings (SSSR count). The molecule has 1 saturated carbocycles. The van der Waals surface area contributed by atoms with Gasteiger partial charge in [-0.3, -0.25) is 9.59 Å². The lowest BCUT2D eigenvalue weighted by Gasteiger charge is -2.36. The highest BCUT2D eigenvalue weighted by Gasteiger charge is 2.35. The molecule has 0 aliphatic heterocycles. The van der Waals surface area contributed by atoms with Crippen LogP contribution in [0.1, 0.15) is 38.5 Å².